The lowest BCUT2D eigenvalue weighted by molar-refractivity contribution is 0.103. The highest BCUT2D eigenvalue weighted by atomic mass is 19.1. The van der Waals surface area contributed by atoms with Crippen LogP contribution in [-0.4, -0.2) is 11.9 Å². The smallest absolute Gasteiger partial charge is 0.193 e. The number of hydrogen-bond acceptors (Lipinski definition) is 2. The topological polar surface area (TPSA) is 26.3 Å². The molecule has 102 valence electrons. The highest BCUT2D eigenvalue weighted by molar-refractivity contribution is 6.09. The van der Waals surface area contributed by atoms with E-state index in [0.29, 0.717) is 22.8 Å². The number of benzene rings is 2. The van der Waals surface area contributed by atoms with Gasteiger partial charge >= 0.3 is 0 Å². The summed E-state index contributed by atoms with van der Waals surface area (Å²) in [7, 11) is 0. The normalized spacial score (nSPS) is 14.1. The number of carbonyl (C=O) groups excluding carboxylic acids is 1. The molecule has 3 rings (SSSR count). The molecule has 2 nitrogen and oxygen atoms in total. The highest BCUT2D eigenvalue weighted by Gasteiger charge is 2.23. The minimum absolute atomic E-state index is 0.179. The molecular formula is C17H15FO2. The molecule has 2 aromatic rings. The van der Waals surface area contributed by atoms with Gasteiger partial charge in [0.25, 0.3) is 0 Å². The number of hydrogen-bond donors (Lipinski definition) is 0. The zero-order chi connectivity index (χ0) is 14.1. The lowest BCUT2D eigenvalue weighted by Gasteiger charge is -2.06. The molecule has 1 fully saturated rings. The largest absolute Gasteiger partial charge is 0.490 e. The van der Waals surface area contributed by atoms with E-state index in [4.69, 9.17) is 4.74 Å². The minimum atomic E-state index is -0.357. The summed E-state index contributed by atoms with van der Waals surface area (Å²) < 4.78 is 19.1. The van der Waals surface area contributed by atoms with Crippen LogP contribution in [0.15, 0.2) is 42.5 Å². The van der Waals surface area contributed by atoms with Crippen LogP contribution in [0.2, 0.25) is 0 Å². The van der Waals surface area contributed by atoms with Gasteiger partial charge in [-0.2, -0.15) is 0 Å². The van der Waals surface area contributed by atoms with Crippen molar-refractivity contribution < 1.29 is 13.9 Å². The molecule has 0 radical (unpaired) electrons. The van der Waals surface area contributed by atoms with Crippen LogP contribution in [0.3, 0.4) is 0 Å². The van der Waals surface area contributed by atoms with Crippen molar-refractivity contribution in [1.29, 1.82) is 0 Å². The fraction of sp³-hybridized carbons (Fsp3) is 0.235. The minimum Gasteiger partial charge on any atom is -0.490 e. The van der Waals surface area contributed by atoms with E-state index in [9.17, 15) is 9.18 Å². The highest BCUT2D eigenvalue weighted by Crippen LogP contribution is 2.27. The van der Waals surface area contributed by atoms with Crippen LogP contribution in [0.5, 0.6) is 5.75 Å². The van der Waals surface area contributed by atoms with E-state index in [1.54, 1.807) is 43.3 Å². The predicted molar refractivity (Wildman–Crippen MR) is 74.7 cm³/mol. The van der Waals surface area contributed by atoms with Gasteiger partial charge in [0.15, 0.2) is 5.78 Å². The van der Waals surface area contributed by atoms with Crippen LogP contribution in [0.4, 0.5) is 4.39 Å². The number of aryl methyl sites for hydroxylation is 1. The predicted octanol–water partition coefficient (Wildman–Crippen LogP) is 3.91. The number of ketones is 1. The second-order valence-corrected chi connectivity index (χ2v) is 5.13. The van der Waals surface area contributed by atoms with Gasteiger partial charge in [0.1, 0.15) is 11.6 Å². The van der Waals surface area contributed by atoms with Gasteiger partial charge in [-0.1, -0.05) is 12.1 Å². The Morgan fingerprint density at radius 3 is 2.35 bits per heavy atom. The summed E-state index contributed by atoms with van der Waals surface area (Å²) in [5.41, 5.74) is 1.44. The number of halogens is 1. The first-order valence-electron chi connectivity index (χ1n) is 6.71. The molecule has 1 saturated carbocycles. The van der Waals surface area contributed by atoms with Crippen molar-refractivity contribution in [2.75, 3.05) is 0 Å². The van der Waals surface area contributed by atoms with E-state index in [1.165, 1.54) is 6.07 Å². The van der Waals surface area contributed by atoms with E-state index in [-0.39, 0.29) is 11.6 Å². The van der Waals surface area contributed by atoms with Crippen molar-refractivity contribution in [2.24, 2.45) is 0 Å². The van der Waals surface area contributed by atoms with E-state index >= 15 is 0 Å². The van der Waals surface area contributed by atoms with Crippen molar-refractivity contribution >= 4 is 5.78 Å². The Labute approximate surface area is 117 Å². The lowest BCUT2D eigenvalue weighted by Crippen LogP contribution is -2.03. The third kappa shape index (κ3) is 2.72. The summed E-state index contributed by atoms with van der Waals surface area (Å²) in [6.07, 6.45) is 2.54. The van der Waals surface area contributed by atoms with Crippen LogP contribution in [0.25, 0.3) is 0 Å². The molecule has 0 saturated heterocycles. The average Bonchev–Trinajstić information content (AvgIpc) is 3.26. The zero-order valence-corrected chi connectivity index (χ0v) is 11.2. The van der Waals surface area contributed by atoms with Gasteiger partial charge in [0.05, 0.1) is 6.10 Å². The van der Waals surface area contributed by atoms with Crippen molar-refractivity contribution in [3.05, 3.63) is 65.0 Å². The van der Waals surface area contributed by atoms with Gasteiger partial charge in [0, 0.05) is 11.1 Å². The van der Waals surface area contributed by atoms with Crippen LogP contribution in [0, 0.1) is 12.7 Å². The zero-order valence-electron chi connectivity index (χ0n) is 11.2. The fourth-order valence-corrected chi connectivity index (χ4v) is 1.96. The molecule has 0 atom stereocenters. The molecule has 3 heteroatoms. The Balaban J connectivity index is 1.80. The summed E-state index contributed by atoms with van der Waals surface area (Å²) in [5, 5.41) is 0. The monoisotopic (exact) mass is 270 g/mol. The number of rotatable bonds is 4. The molecule has 0 unspecified atom stereocenters. The van der Waals surface area contributed by atoms with E-state index in [0.717, 1.165) is 18.6 Å². The van der Waals surface area contributed by atoms with E-state index in [1.807, 2.05) is 0 Å². The van der Waals surface area contributed by atoms with E-state index < -0.39 is 0 Å². The molecule has 0 heterocycles. The van der Waals surface area contributed by atoms with Crippen LogP contribution >= 0.6 is 0 Å². The average molecular weight is 270 g/mol. The van der Waals surface area contributed by atoms with Crippen molar-refractivity contribution in [3.63, 3.8) is 0 Å². The Morgan fingerprint density at radius 2 is 1.75 bits per heavy atom. The van der Waals surface area contributed by atoms with Gasteiger partial charge in [-0.05, 0) is 55.7 Å². The first-order valence-corrected chi connectivity index (χ1v) is 6.71. The molecule has 0 bridgehead atoms. The molecule has 0 aromatic heterocycles. The molecule has 0 N–H and O–H groups in total. The van der Waals surface area contributed by atoms with Gasteiger partial charge in [-0.25, -0.2) is 4.39 Å². The Morgan fingerprint density at radius 1 is 1.10 bits per heavy atom. The van der Waals surface area contributed by atoms with Crippen molar-refractivity contribution in [3.8, 4) is 5.75 Å². The summed E-state index contributed by atoms with van der Waals surface area (Å²) in [5.74, 6) is 0.241. The number of carbonyl (C=O) groups is 1. The molecule has 0 spiro atoms. The maximum absolute atomic E-state index is 13.5. The summed E-state index contributed by atoms with van der Waals surface area (Å²) in [6.45, 7) is 1.67. The van der Waals surface area contributed by atoms with Crippen molar-refractivity contribution in [1.82, 2.24) is 0 Å². The van der Waals surface area contributed by atoms with Gasteiger partial charge in [-0.15, -0.1) is 0 Å². The molecule has 0 amide bonds. The third-order valence-corrected chi connectivity index (χ3v) is 3.38. The van der Waals surface area contributed by atoms with Crippen LogP contribution in [-0.2, 0) is 0 Å². The molecule has 0 aliphatic heterocycles. The Bertz CT molecular complexity index is 643. The Kier molecular flexibility index (Phi) is 3.26. The molecular weight excluding hydrogens is 255 g/mol. The third-order valence-electron chi connectivity index (χ3n) is 3.38. The molecule has 1 aliphatic carbocycles. The molecule has 1 aliphatic rings. The van der Waals surface area contributed by atoms with Gasteiger partial charge in [-0.3, -0.25) is 4.79 Å². The molecule has 2 aromatic carbocycles. The summed E-state index contributed by atoms with van der Waals surface area (Å²) in [4.78, 5) is 12.2. The summed E-state index contributed by atoms with van der Waals surface area (Å²) in [6, 6.07) is 11.6. The summed E-state index contributed by atoms with van der Waals surface area (Å²) >= 11 is 0. The van der Waals surface area contributed by atoms with Crippen LogP contribution in [0.1, 0.15) is 34.3 Å². The second-order valence-electron chi connectivity index (χ2n) is 5.13. The SMILES string of the molecule is Cc1ccc(C(=O)c2ccc(OC3CC3)cc2)cc1F. The standard InChI is InChI=1S/C17H15FO2/c1-11-2-3-13(10-16(11)18)17(19)12-4-6-14(7-5-12)20-15-8-9-15/h2-7,10,15H,8-9H2,1H3. The fourth-order valence-electron chi connectivity index (χ4n) is 1.96. The van der Waals surface area contributed by atoms with Gasteiger partial charge in [0.2, 0.25) is 0 Å². The van der Waals surface area contributed by atoms with Crippen molar-refractivity contribution in [2.45, 2.75) is 25.9 Å². The Hall–Kier alpha value is -2.16. The number of ether oxygens (including phenoxy) is 1. The van der Waals surface area contributed by atoms with E-state index in [2.05, 4.69) is 0 Å². The first-order chi connectivity index (χ1) is 9.63. The maximum atomic E-state index is 13.5. The molecule has 20 heavy (non-hydrogen) atoms. The second kappa shape index (κ2) is 5.08. The quantitative estimate of drug-likeness (QED) is 0.787. The maximum Gasteiger partial charge on any atom is 0.193 e. The lowest BCUT2D eigenvalue weighted by atomic mass is 10.0. The van der Waals surface area contributed by atoms with Crippen LogP contribution < -0.4 is 4.74 Å². The van der Waals surface area contributed by atoms with Gasteiger partial charge < -0.3 is 4.74 Å². The first kappa shape index (κ1) is 12.9.